The molecule has 0 unspecified atom stereocenters. The van der Waals surface area contributed by atoms with Gasteiger partial charge in [0.25, 0.3) is 0 Å². The molecule has 2 heterocycles. The number of furan rings is 1. The molecule has 12 rings (SSSR count). The number of nitrogens with zero attached hydrogens (tertiary/aromatic N) is 1. The van der Waals surface area contributed by atoms with Crippen molar-refractivity contribution >= 4 is 92.1 Å². The molecule has 0 saturated heterocycles. The topological polar surface area (TPSA) is 16.4 Å². The van der Waals surface area contributed by atoms with E-state index >= 15 is 0 Å². The first-order chi connectivity index (χ1) is 29.2. The zero-order valence-electron chi connectivity index (χ0n) is 32.0. The quantitative estimate of drug-likeness (QED) is 0.157. The zero-order valence-corrected chi connectivity index (χ0v) is 32.8. The minimum Gasteiger partial charge on any atom is -0.455 e. The van der Waals surface area contributed by atoms with E-state index in [-0.39, 0.29) is 0 Å². The average Bonchev–Trinajstić information content (AvgIpc) is 3.89. The molecule has 59 heavy (non-hydrogen) atoms. The van der Waals surface area contributed by atoms with E-state index in [4.69, 9.17) is 4.42 Å². The van der Waals surface area contributed by atoms with E-state index in [0.717, 1.165) is 50.1 Å². The second-order valence-electron chi connectivity index (χ2n) is 15.2. The summed E-state index contributed by atoms with van der Waals surface area (Å²) in [7, 11) is 0. The third-order valence-electron chi connectivity index (χ3n) is 11.9. The average molecular weight is 770 g/mol. The molecule has 0 aliphatic rings. The Hall–Kier alpha value is -7.46. The smallest absolute Gasteiger partial charge is 0.143 e. The van der Waals surface area contributed by atoms with Crippen molar-refractivity contribution in [2.24, 2.45) is 0 Å². The Morgan fingerprint density at radius 1 is 0.339 bits per heavy atom. The summed E-state index contributed by atoms with van der Waals surface area (Å²) in [5, 5.41) is 9.88. The van der Waals surface area contributed by atoms with E-state index in [9.17, 15) is 0 Å². The second kappa shape index (κ2) is 13.6. The van der Waals surface area contributed by atoms with Gasteiger partial charge in [0.2, 0.25) is 0 Å². The first-order valence-electron chi connectivity index (χ1n) is 20.1. The van der Waals surface area contributed by atoms with Gasteiger partial charge in [-0.2, -0.15) is 0 Å². The molecule has 0 amide bonds. The number of rotatable bonds is 6. The lowest BCUT2D eigenvalue weighted by Crippen LogP contribution is -2.10. The van der Waals surface area contributed by atoms with Crippen molar-refractivity contribution < 1.29 is 4.42 Å². The molecule has 0 N–H and O–H groups in total. The molecule has 0 aliphatic heterocycles. The van der Waals surface area contributed by atoms with Crippen LogP contribution in [-0.2, 0) is 0 Å². The summed E-state index contributed by atoms with van der Waals surface area (Å²) in [6.45, 7) is 0. The highest BCUT2D eigenvalue weighted by atomic mass is 32.1. The first-order valence-corrected chi connectivity index (χ1v) is 20.9. The molecule has 0 aliphatic carbocycles. The van der Waals surface area contributed by atoms with Crippen LogP contribution in [0.4, 0.5) is 17.1 Å². The number of fused-ring (bicyclic) bond motifs is 9. The zero-order chi connectivity index (χ0) is 38.9. The fourth-order valence-electron chi connectivity index (χ4n) is 9.00. The SMILES string of the molecule is c1ccc(-c2cccc3c2sc2c(N(c4ccc(-c5ccc6ccc7ccccc7c6c5)cc4)c4ccc(-c5cccc6c5oc5ccccc56)cc4)cccc23)cc1. The lowest BCUT2D eigenvalue weighted by atomic mass is 9.97. The van der Waals surface area contributed by atoms with Crippen LogP contribution in [0.3, 0.4) is 0 Å². The summed E-state index contributed by atoms with van der Waals surface area (Å²) in [5.41, 5.74) is 12.2. The van der Waals surface area contributed by atoms with Crippen molar-refractivity contribution in [1.29, 1.82) is 0 Å². The van der Waals surface area contributed by atoms with Crippen molar-refractivity contribution in [3.05, 3.63) is 212 Å². The normalized spacial score (nSPS) is 11.7. The summed E-state index contributed by atoms with van der Waals surface area (Å²) in [4.78, 5) is 2.42. The van der Waals surface area contributed by atoms with Gasteiger partial charge in [-0.05, 0) is 91.8 Å². The Kier molecular flexibility index (Phi) is 7.75. The molecule has 3 heteroatoms. The van der Waals surface area contributed by atoms with E-state index in [1.165, 1.54) is 64.0 Å². The van der Waals surface area contributed by atoms with E-state index in [2.05, 4.69) is 205 Å². The van der Waals surface area contributed by atoms with Gasteiger partial charge in [0.15, 0.2) is 0 Å². The van der Waals surface area contributed by atoms with Crippen LogP contribution in [-0.4, -0.2) is 0 Å². The maximum Gasteiger partial charge on any atom is 0.143 e. The van der Waals surface area contributed by atoms with Gasteiger partial charge in [-0.1, -0.05) is 170 Å². The van der Waals surface area contributed by atoms with Gasteiger partial charge < -0.3 is 9.32 Å². The number of hydrogen-bond donors (Lipinski definition) is 0. The Morgan fingerprint density at radius 3 is 1.69 bits per heavy atom. The summed E-state index contributed by atoms with van der Waals surface area (Å²) in [6.07, 6.45) is 0. The third kappa shape index (κ3) is 5.55. The standard InChI is InChI=1S/C56H35NOS/c1-2-11-37(12-3-1)46-17-9-19-49-50-20-10-21-52(56(50)59-55(46)49)57(43-33-29-39(30-34-43)45-16-8-18-48-47-15-6-7-22-53(47)58-54(45)48)42-31-27-36(28-32-42)41-26-25-40-24-23-38-13-4-5-14-44(38)51(40)35-41/h1-35H. The Bertz CT molecular complexity index is 3540. The van der Waals surface area contributed by atoms with Crippen LogP contribution in [0.2, 0.25) is 0 Å². The van der Waals surface area contributed by atoms with Crippen molar-refractivity contribution in [2.45, 2.75) is 0 Å². The van der Waals surface area contributed by atoms with Crippen LogP contribution >= 0.6 is 11.3 Å². The van der Waals surface area contributed by atoms with Crippen LogP contribution in [0, 0.1) is 0 Å². The van der Waals surface area contributed by atoms with Crippen LogP contribution in [0.15, 0.2) is 217 Å². The minimum atomic E-state index is 0.907. The van der Waals surface area contributed by atoms with Gasteiger partial charge in [-0.25, -0.2) is 0 Å². The molecule has 10 aromatic carbocycles. The molecular weight excluding hydrogens is 735 g/mol. The van der Waals surface area contributed by atoms with Crippen LogP contribution in [0.1, 0.15) is 0 Å². The number of para-hydroxylation sites is 2. The molecule has 0 bridgehead atoms. The highest BCUT2D eigenvalue weighted by Gasteiger charge is 2.20. The van der Waals surface area contributed by atoms with Gasteiger partial charge in [-0.3, -0.25) is 0 Å². The predicted octanol–water partition coefficient (Wildman–Crippen LogP) is 16.7. The summed E-state index contributed by atoms with van der Waals surface area (Å²) >= 11 is 1.88. The Morgan fingerprint density at radius 2 is 0.898 bits per heavy atom. The lowest BCUT2D eigenvalue weighted by molar-refractivity contribution is 0.670. The van der Waals surface area contributed by atoms with E-state index in [0.29, 0.717) is 0 Å². The summed E-state index contributed by atoms with van der Waals surface area (Å²) < 4.78 is 9.01. The fourth-order valence-corrected chi connectivity index (χ4v) is 10.3. The fraction of sp³-hybridized carbons (Fsp3) is 0. The molecule has 2 aromatic heterocycles. The molecule has 276 valence electrons. The first kappa shape index (κ1) is 33.7. The molecular formula is C56H35NOS. The molecule has 0 atom stereocenters. The summed E-state index contributed by atoms with van der Waals surface area (Å²) in [5.74, 6) is 0. The van der Waals surface area contributed by atoms with Gasteiger partial charge in [0, 0.05) is 43.2 Å². The van der Waals surface area contributed by atoms with Crippen molar-refractivity contribution in [3.63, 3.8) is 0 Å². The monoisotopic (exact) mass is 769 g/mol. The number of benzene rings is 10. The van der Waals surface area contributed by atoms with Gasteiger partial charge in [0.1, 0.15) is 11.2 Å². The Balaban J connectivity index is 1.01. The third-order valence-corrected chi connectivity index (χ3v) is 13.2. The minimum absolute atomic E-state index is 0.907. The Labute approximate surface area is 345 Å². The summed E-state index contributed by atoms with van der Waals surface area (Å²) in [6, 6.07) is 76.9. The predicted molar refractivity (Wildman–Crippen MR) is 253 cm³/mol. The van der Waals surface area contributed by atoms with Gasteiger partial charge in [-0.15, -0.1) is 11.3 Å². The number of hydrogen-bond acceptors (Lipinski definition) is 3. The van der Waals surface area contributed by atoms with Gasteiger partial charge in [0.05, 0.1) is 10.4 Å². The number of thiophene rings is 1. The molecule has 0 saturated carbocycles. The molecule has 0 radical (unpaired) electrons. The maximum absolute atomic E-state index is 6.46. The van der Waals surface area contributed by atoms with E-state index in [1.807, 2.05) is 23.5 Å². The lowest BCUT2D eigenvalue weighted by Gasteiger charge is -2.26. The van der Waals surface area contributed by atoms with Crippen LogP contribution in [0.25, 0.3) is 97.0 Å². The van der Waals surface area contributed by atoms with Crippen molar-refractivity contribution in [3.8, 4) is 33.4 Å². The van der Waals surface area contributed by atoms with Crippen LogP contribution in [0.5, 0.6) is 0 Å². The van der Waals surface area contributed by atoms with Crippen LogP contribution < -0.4 is 4.90 Å². The number of anilines is 3. The second-order valence-corrected chi connectivity index (χ2v) is 16.3. The largest absolute Gasteiger partial charge is 0.455 e. The molecule has 12 aromatic rings. The molecule has 0 spiro atoms. The van der Waals surface area contributed by atoms with E-state index < -0.39 is 0 Å². The molecule has 2 nitrogen and oxygen atoms in total. The maximum atomic E-state index is 6.46. The van der Waals surface area contributed by atoms with Crippen molar-refractivity contribution in [2.75, 3.05) is 4.90 Å². The molecule has 0 fully saturated rings. The van der Waals surface area contributed by atoms with Gasteiger partial charge >= 0.3 is 0 Å². The highest BCUT2D eigenvalue weighted by molar-refractivity contribution is 7.27. The van der Waals surface area contributed by atoms with Crippen molar-refractivity contribution in [1.82, 2.24) is 0 Å². The van der Waals surface area contributed by atoms with E-state index in [1.54, 1.807) is 0 Å². The highest BCUT2D eigenvalue weighted by Crippen LogP contribution is 2.48.